The van der Waals surface area contributed by atoms with Crippen LogP contribution in [0.4, 0.5) is 5.82 Å². The molecule has 2 amide bonds. The summed E-state index contributed by atoms with van der Waals surface area (Å²) in [5.74, 6) is 1.03. The molecule has 2 saturated heterocycles. The number of amides is 2. The highest BCUT2D eigenvalue weighted by Crippen LogP contribution is 2.41. The van der Waals surface area contributed by atoms with Crippen LogP contribution in [0.5, 0.6) is 0 Å². The number of piperidine rings is 1. The van der Waals surface area contributed by atoms with Gasteiger partial charge in [0.2, 0.25) is 5.91 Å². The fraction of sp³-hybridized carbons (Fsp3) is 0.632. The minimum atomic E-state index is -0.380. The summed E-state index contributed by atoms with van der Waals surface area (Å²) in [5, 5.41) is 0. The van der Waals surface area contributed by atoms with Crippen molar-refractivity contribution >= 4 is 17.6 Å². The van der Waals surface area contributed by atoms with E-state index in [1.54, 1.807) is 6.20 Å². The van der Waals surface area contributed by atoms with E-state index >= 15 is 0 Å². The van der Waals surface area contributed by atoms with Gasteiger partial charge >= 0.3 is 0 Å². The second-order valence-corrected chi connectivity index (χ2v) is 7.75. The predicted octanol–water partition coefficient (Wildman–Crippen LogP) is 2.01. The van der Waals surface area contributed by atoms with Gasteiger partial charge in [0.25, 0.3) is 5.91 Å². The van der Waals surface area contributed by atoms with Crippen molar-refractivity contribution in [2.45, 2.75) is 39.2 Å². The Kier molecular flexibility index (Phi) is 4.71. The van der Waals surface area contributed by atoms with E-state index in [1.165, 1.54) is 0 Å². The Labute approximate surface area is 149 Å². The Morgan fingerprint density at radius 1 is 1.24 bits per heavy atom. The van der Waals surface area contributed by atoms with E-state index < -0.39 is 0 Å². The predicted molar refractivity (Wildman–Crippen MR) is 97.6 cm³/mol. The minimum Gasteiger partial charge on any atom is -0.363 e. The van der Waals surface area contributed by atoms with Gasteiger partial charge in [-0.05, 0) is 45.2 Å². The molecule has 1 unspecified atom stereocenters. The van der Waals surface area contributed by atoms with E-state index in [-0.39, 0.29) is 23.3 Å². The van der Waals surface area contributed by atoms with Gasteiger partial charge < -0.3 is 14.7 Å². The highest BCUT2D eigenvalue weighted by atomic mass is 16.2. The molecule has 1 aromatic heterocycles. The summed E-state index contributed by atoms with van der Waals surface area (Å²) in [6, 6.07) is 3.89. The second kappa shape index (κ2) is 6.65. The van der Waals surface area contributed by atoms with E-state index in [1.807, 2.05) is 40.9 Å². The summed E-state index contributed by atoms with van der Waals surface area (Å²) >= 11 is 0. The molecular weight excluding hydrogens is 316 g/mol. The van der Waals surface area contributed by atoms with Crippen LogP contribution in [0.2, 0.25) is 0 Å². The fourth-order valence-corrected chi connectivity index (χ4v) is 3.98. The van der Waals surface area contributed by atoms with Crippen molar-refractivity contribution in [2.24, 2.45) is 5.41 Å². The topological polar surface area (TPSA) is 56.8 Å². The molecule has 3 heterocycles. The van der Waals surface area contributed by atoms with E-state index in [0.717, 1.165) is 31.6 Å². The third-order valence-electron chi connectivity index (χ3n) is 5.49. The van der Waals surface area contributed by atoms with Crippen molar-refractivity contribution in [2.75, 3.05) is 38.6 Å². The van der Waals surface area contributed by atoms with Crippen molar-refractivity contribution in [3.8, 4) is 0 Å². The maximum Gasteiger partial charge on any atom is 0.255 e. The van der Waals surface area contributed by atoms with Gasteiger partial charge in [-0.2, -0.15) is 0 Å². The minimum absolute atomic E-state index is 0.0239. The number of rotatable bonds is 3. The first kappa shape index (κ1) is 17.7. The lowest BCUT2D eigenvalue weighted by molar-refractivity contribution is -0.147. The molecule has 0 bridgehead atoms. The molecule has 0 aromatic carbocycles. The van der Waals surface area contributed by atoms with Gasteiger partial charge in [-0.15, -0.1) is 0 Å². The summed E-state index contributed by atoms with van der Waals surface area (Å²) < 4.78 is 0. The molecule has 1 spiro atoms. The Morgan fingerprint density at radius 3 is 2.60 bits per heavy atom. The molecule has 0 saturated carbocycles. The van der Waals surface area contributed by atoms with Gasteiger partial charge in [-0.25, -0.2) is 4.98 Å². The zero-order chi connectivity index (χ0) is 18.2. The molecule has 0 N–H and O–H groups in total. The molecular formula is C19H28N4O2. The van der Waals surface area contributed by atoms with Crippen molar-refractivity contribution < 1.29 is 9.59 Å². The molecule has 25 heavy (non-hydrogen) atoms. The normalized spacial score (nSPS) is 23.6. The maximum absolute atomic E-state index is 13.0. The molecule has 1 atom stereocenters. The SMILES string of the molecule is CC(C)N1CCCC2(CCN(C(=O)c3ccc(N(C)C)nc3)C2)C1=O. The zero-order valence-electron chi connectivity index (χ0n) is 15.7. The van der Waals surface area contributed by atoms with Gasteiger partial charge in [0, 0.05) is 46.0 Å². The Bertz CT molecular complexity index is 656. The number of nitrogens with zero attached hydrogens (tertiary/aromatic N) is 4. The molecule has 6 nitrogen and oxygen atoms in total. The van der Waals surface area contributed by atoms with E-state index in [4.69, 9.17) is 0 Å². The van der Waals surface area contributed by atoms with Crippen molar-refractivity contribution in [3.05, 3.63) is 23.9 Å². The first-order valence-corrected chi connectivity index (χ1v) is 9.08. The lowest BCUT2D eigenvalue weighted by Crippen LogP contribution is -2.52. The third-order valence-corrected chi connectivity index (χ3v) is 5.49. The summed E-state index contributed by atoms with van der Waals surface area (Å²) in [6.07, 6.45) is 4.30. The molecule has 0 aliphatic carbocycles. The van der Waals surface area contributed by atoms with E-state index in [9.17, 15) is 9.59 Å². The number of carbonyl (C=O) groups is 2. The molecule has 3 rings (SSSR count). The molecule has 6 heteroatoms. The Balaban J connectivity index is 1.73. The van der Waals surface area contributed by atoms with Crippen LogP contribution in [0, 0.1) is 5.41 Å². The Morgan fingerprint density at radius 2 is 2.00 bits per heavy atom. The summed E-state index contributed by atoms with van der Waals surface area (Å²) in [4.78, 5) is 35.8. The summed E-state index contributed by atoms with van der Waals surface area (Å²) in [5.41, 5.74) is 0.210. The largest absolute Gasteiger partial charge is 0.363 e. The van der Waals surface area contributed by atoms with Crippen LogP contribution in [-0.2, 0) is 4.79 Å². The van der Waals surface area contributed by atoms with Gasteiger partial charge in [-0.1, -0.05) is 0 Å². The average molecular weight is 344 g/mol. The van der Waals surface area contributed by atoms with Crippen molar-refractivity contribution in [1.82, 2.24) is 14.8 Å². The molecule has 2 fully saturated rings. The lowest BCUT2D eigenvalue weighted by atomic mass is 9.78. The van der Waals surface area contributed by atoms with Crippen LogP contribution in [0.25, 0.3) is 0 Å². The lowest BCUT2D eigenvalue weighted by Gasteiger charge is -2.41. The number of aromatic nitrogens is 1. The summed E-state index contributed by atoms with van der Waals surface area (Å²) in [7, 11) is 3.84. The number of pyridine rings is 1. The van der Waals surface area contributed by atoms with Crippen LogP contribution >= 0.6 is 0 Å². The maximum atomic E-state index is 13.0. The number of hydrogen-bond acceptors (Lipinski definition) is 4. The van der Waals surface area contributed by atoms with Crippen LogP contribution in [0.15, 0.2) is 18.3 Å². The molecule has 2 aliphatic heterocycles. The quantitative estimate of drug-likeness (QED) is 0.842. The number of carbonyl (C=O) groups excluding carboxylic acids is 2. The number of hydrogen-bond donors (Lipinski definition) is 0. The van der Waals surface area contributed by atoms with Gasteiger partial charge in [-0.3, -0.25) is 9.59 Å². The smallest absolute Gasteiger partial charge is 0.255 e. The number of likely N-dealkylation sites (tertiary alicyclic amines) is 2. The molecule has 136 valence electrons. The molecule has 1 aromatic rings. The van der Waals surface area contributed by atoms with Crippen LogP contribution in [0.1, 0.15) is 43.5 Å². The number of anilines is 1. The van der Waals surface area contributed by atoms with Crippen LogP contribution in [-0.4, -0.2) is 66.4 Å². The highest BCUT2D eigenvalue weighted by Gasteiger charge is 2.49. The first-order valence-electron chi connectivity index (χ1n) is 9.08. The molecule has 0 radical (unpaired) electrons. The molecule has 2 aliphatic rings. The van der Waals surface area contributed by atoms with Crippen molar-refractivity contribution in [3.63, 3.8) is 0 Å². The standard InChI is InChI=1S/C19H28N4O2/c1-14(2)23-10-5-8-19(18(23)25)9-11-22(13-19)17(24)15-6-7-16(20-12-15)21(3)4/h6-7,12,14H,5,8-11,13H2,1-4H3. The zero-order valence-corrected chi connectivity index (χ0v) is 15.7. The van der Waals surface area contributed by atoms with Gasteiger partial charge in [0.15, 0.2) is 0 Å². The van der Waals surface area contributed by atoms with E-state index in [0.29, 0.717) is 18.7 Å². The average Bonchev–Trinajstić information content (AvgIpc) is 3.01. The highest BCUT2D eigenvalue weighted by molar-refractivity contribution is 5.95. The second-order valence-electron chi connectivity index (χ2n) is 7.75. The Hall–Kier alpha value is -2.11. The van der Waals surface area contributed by atoms with Gasteiger partial charge in [0.1, 0.15) is 5.82 Å². The summed E-state index contributed by atoms with van der Waals surface area (Å²) in [6.45, 7) is 6.14. The van der Waals surface area contributed by atoms with Crippen LogP contribution < -0.4 is 4.90 Å². The third kappa shape index (κ3) is 3.22. The van der Waals surface area contributed by atoms with Gasteiger partial charge in [0.05, 0.1) is 11.0 Å². The monoisotopic (exact) mass is 344 g/mol. The first-order chi connectivity index (χ1) is 11.8. The van der Waals surface area contributed by atoms with E-state index in [2.05, 4.69) is 18.8 Å². The van der Waals surface area contributed by atoms with Crippen molar-refractivity contribution in [1.29, 1.82) is 0 Å². The van der Waals surface area contributed by atoms with Crippen LogP contribution in [0.3, 0.4) is 0 Å². The fourth-order valence-electron chi connectivity index (χ4n) is 3.98.